The standard InChI is InChI=1S/C28H24O3/c29-28(30)18-15-23-9-4-5-12-27(23)25-11-6-10-24(19-25)22-13-16-26(17-14-22)31-20-21-7-2-1-3-8-21/h1-14,16-17,19H,15,18,20H2,(H,29,30)/p-1. The molecule has 0 aliphatic heterocycles. The molecule has 0 aliphatic carbocycles. The summed E-state index contributed by atoms with van der Waals surface area (Å²) in [7, 11) is 0. The summed E-state index contributed by atoms with van der Waals surface area (Å²) in [6.07, 6.45) is 0.470. The second-order valence-electron chi connectivity index (χ2n) is 7.41. The highest BCUT2D eigenvalue weighted by Gasteiger charge is 2.07. The molecule has 0 N–H and O–H groups in total. The zero-order chi connectivity index (χ0) is 21.5. The van der Waals surface area contributed by atoms with E-state index in [2.05, 4.69) is 30.3 Å². The Morgan fingerprint density at radius 3 is 2.19 bits per heavy atom. The van der Waals surface area contributed by atoms with E-state index in [9.17, 15) is 9.90 Å². The van der Waals surface area contributed by atoms with Gasteiger partial charge in [0.1, 0.15) is 12.4 Å². The summed E-state index contributed by atoms with van der Waals surface area (Å²) in [4.78, 5) is 10.9. The Morgan fingerprint density at radius 2 is 1.42 bits per heavy atom. The predicted octanol–water partition coefficient (Wildman–Crippen LogP) is 5.28. The average molecular weight is 407 g/mol. The van der Waals surface area contributed by atoms with E-state index in [1.54, 1.807) is 0 Å². The van der Waals surface area contributed by atoms with Crippen LogP contribution in [0.2, 0.25) is 0 Å². The van der Waals surface area contributed by atoms with Gasteiger partial charge in [-0.15, -0.1) is 0 Å². The lowest BCUT2D eigenvalue weighted by Gasteiger charge is -2.12. The molecule has 3 heteroatoms. The summed E-state index contributed by atoms with van der Waals surface area (Å²) in [5.74, 6) is -0.200. The van der Waals surface area contributed by atoms with Crippen LogP contribution in [0.15, 0.2) is 103 Å². The van der Waals surface area contributed by atoms with Gasteiger partial charge in [0.05, 0.1) is 0 Å². The van der Waals surface area contributed by atoms with Gasteiger partial charge in [-0.2, -0.15) is 0 Å². The fourth-order valence-corrected chi connectivity index (χ4v) is 3.61. The number of carbonyl (C=O) groups excluding carboxylic acids is 1. The lowest BCUT2D eigenvalue weighted by molar-refractivity contribution is -0.305. The summed E-state index contributed by atoms with van der Waals surface area (Å²) in [6.45, 7) is 0.540. The third-order valence-electron chi connectivity index (χ3n) is 5.23. The minimum Gasteiger partial charge on any atom is -0.550 e. The molecular formula is C28H23O3-. The molecule has 3 nitrogen and oxygen atoms in total. The summed E-state index contributed by atoms with van der Waals surface area (Å²) >= 11 is 0. The van der Waals surface area contributed by atoms with Crippen molar-refractivity contribution in [3.8, 4) is 28.0 Å². The number of ether oxygens (including phenoxy) is 1. The zero-order valence-corrected chi connectivity index (χ0v) is 17.2. The monoisotopic (exact) mass is 407 g/mol. The molecule has 4 rings (SSSR count). The highest BCUT2D eigenvalue weighted by Crippen LogP contribution is 2.30. The molecule has 0 heterocycles. The topological polar surface area (TPSA) is 49.4 Å². The van der Waals surface area contributed by atoms with Crippen molar-refractivity contribution in [1.29, 1.82) is 0 Å². The highest BCUT2D eigenvalue weighted by atomic mass is 16.5. The van der Waals surface area contributed by atoms with E-state index in [1.807, 2.05) is 72.8 Å². The van der Waals surface area contributed by atoms with Crippen LogP contribution in [0.5, 0.6) is 5.75 Å². The van der Waals surface area contributed by atoms with Crippen molar-refractivity contribution in [2.75, 3.05) is 0 Å². The Hall–Kier alpha value is -3.85. The molecule has 31 heavy (non-hydrogen) atoms. The number of aliphatic carboxylic acids is 1. The predicted molar refractivity (Wildman–Crippen MR) is 121 cm³/mol. The number of aryl methyl sites for hydroxylation is 1. The zero-order valence-electron chi connectivity index (χ0n) is 17.2. The number of carboxylic acid groups (broad SMARTS) is 1. The number of carboxylic acids is 1. The first-order valence-electron chi connectivity index (χ1n) is 10.3. The minimum absolute atomic E-state index is 0.0150. The number of benzene rings is 4. The first-order valence-corrected chi connectivity index (χ1v) is 10.3. The second-order valence-corrected chi connectivity index (χ2v) is 7.41. The molecule has 154 valence electrons. The Balaban J connectivity index is 1.52. The van der Waals surface area contributed by atoms with E-state index in [0.29, 0.717) is 13.0 Å². The van der Waals surface area contributed by atoms with Crippen LogP contribution in [0, 0.1) is 0 Å². The number of carbonyl (C=O) groups is 1. The van der Waals surface area contributed by atoms with Crippen LogP contribution < -0.4 is 9.84 Å². The van der Waals surface area contributed by atoms with Gasteiger partial charge in [0.25, 0.3) is 0 Å². The Labute approximate surface area is 182 Å². The summed E-state index contributed by atoms with van der Waals surface area (Å²) < 4.78 is 5.88. The van der Waals surface area contributed by atoms with Crippen molar-refractivity contribution in [2.45, 2.75) is 19.4 Å². The molecule has 0 saturated carbocycles. The maximum atomic E-state index is 10.9. The fourth-order valence-electron chi connectivity index (χ4n) is 3.61. The summed E-state index contributed by atoms with van der Waals surface area (Å²) in [6, 6.07) is 34.4. The Bertz CT molecular complexity index is 1150. The van der Waals surface area contributed by atoms with Crippen molar-refractivity contribution in [3.05, 3.63) is 114 Å². The highest BCUT2D eigenvalue weighted by molar-refractivity contribution is 5.75. The molecule has 0 unspecified atom stereocenters. The largest absolute Gasteiger partial charge is 0.550 e. The average Bonchev–Trinajstić information content (AvgIpc) is 2.83. The molecule has 0 fully saturated rings. The van der Waals surface area contributed by atoms with Crippen LogP contribution in [0.1, 0.15) is 17.5 Å². The van der Waals surface area contributed by atoms with E-state index >= 15 is 0 Å². The molecule has 4 aromatic carbocycles. The van der Waals surface area contributed by atoms with Gasteiger partial charge < -0.3 is 14.6 Å². The van der Waals surface area contributed by atoms with Crippen molar-refractivity contribution >= 4 is 5.97 Å². The first kappa shape index (κ1) is 20.4. The van der Waals surface area contributed by atoms with Gasteiger partial charge in [-0.05, 0) is 64.4 Å². The van der Waals surface area contributed by atoms with Crippen LogP contribution in [0.3, 0.4) is 0 Å². The van der Waals surface area contributed by atoms with Crippen molar-refractivity contribution in [2.24, 2.45) is 0 Å². The first-order chi connectivity index (χ1) is 15.2. The molecule has 0 aliphatic rings. The van der Waals surface area contributed by atoms with Crippen molar-refractivity contribution in [3.63, 3.8) is 0 Å². The summed E-state index contributed by atoms with van der Waals surface area (Å²) in [5, 5.41) is 10.9. The third kappa shape index (κ3) is 5.40. The molecule has 0 spiro atoms. The Kier molecular flexibility index (Phi) is 6.44. The van der Waals surface area contributed by atoms with Gasteiger partial charge in [-0.25, -0.2) is 0 Å². The molecule has 0 aromatic heterocycles. The van der Waals surface area contributed by atoms with E-state index < -0.39 is 5.97 Å². The quantitative estimate of drug-likeness (QED) is 0.399. The normalized spacial score (nSPS) is 10.6. The van der Waals surface area contributed by atoms with E-state index in [0.717, 1.165) is 39.1 Å². The molecule has 0 bridgehead atoms. The van der Waals surface area contributed by atoms with E-state index in [4.69, 9.17) is 4.74 Å². The number of rotatable bonds is 8. The molecule has 4 aromatic rings. The Morgan fingerprint density at radius 1 is 0.710 bits per heavy atom. The second kappa shape index (κ2) is 9.77. The van der Waals surface area contributed by atoms with Crippen LogP contribution in [0.4, 0.5) is 0 Å². The van der Waals surface area contributed by atoms with E-state index in [-0.39, 0.29) is 6.42 Å². The van der Waals surface area contributed by atoms with Crippen molar-refractivity contribution < 1.29 is 14.6 Å². The fraction of sp³-hybridized carbons (Fsp3) is 0.107. The van der Waals surface area contributed by atoms with Gasteiger partial charge in [-0.3, -0.25) is 0 Å². The summed E-state index contributed by atoms with van der Waals surface area (Å²) in [5.41, 5.74) is 6.46. The third-order valence-corrected chi connectivity index (χ3v) is 5.23. The van der Waals surface area contributed by atoms with Gasteiger partial charge in [0.2, 0.25) is 0 Å². The van der Waals surface area contributed by atoms with Gasteiger partial charge in [-0.1, -0.05) is 84.9 Å². The minimum atomic E-state index is -1.03. The smallest absolute Gasteiger partial charge is 0.119 e. The van der Waals surface area contributed by atoms with Crippen molar-refractivity contribution in [1.82, 2.24) is 0 Å². The molecule has 0 atom stereocenters. The van der Waals surface area contributed by atoms with Gasteiger partial charge in [0, 0.05) is 5.97 Å². The molecular weight excluding hydrogens is 384 g/mol. The van der Waals surface area contributed by atoms with E-state index in [1.165, 1.54) is 0 Å². The maximum absolute atomic E-state index is 10.9. The number of hydrogen-bond acceptors (Lipinski definition) is 3. The number of hydrogen-bond donors (Lipinski definition) is 0. The van der Waals surface area contributed by atoms with Crippen LogP contribution in [0.25, 0.3) is 22.3 Å². The lowest BCUT2D eigenvalue weighted by Crippen LogP contribution is -2.22. The van der Waals surface area contributed by atoms with Gasteiger partial charge >= 0.3 is 0 Å². The van der Waals surface area contributed by atoms with Crippen LogP contribution in [-0.4, -0.2) is 5.97 Å². The van der Waals surface area contributed by atoms with Gasteiger partial charge in [0.15, 0.2) is 0 Å². The SMILES string of the molecule is O=C([O-])CCc1ccccc1-c1cccc(-c2ccc(OCc3ccccc3)cc2)c1. The molecule has 0 amide bonds. The molecule has 0 saturated heterocycles. The molecule has 0 radical (unpaired) electrons. The maximum Gasteiger partial charge on any atom is 0.119 e. The van der Waals surface area contributed by atoms with Crippen LogP contribution >= 0.6 is 0 Å². The van der Waals surface area contributed by atoms with Crippen LogP contribution in [-0.2, 0) is 17.8 Å². The lowest BCUT2D eigenvalue weighted by atomic mass is 9.94.